The van der Waals surface area contributed by atoms with Gasteiger partial charge in [-0.25, -0.2) is 4.98 Å². The molecule has 0 amide bonds. The van der Waals surface area contributed by atoms with Crippen molar-refractivity contribution >= 4 is 11.0 Å². The van der Waals surface area contributed by atoms with Gasteiger partial charge in [-0.3, -0.25) is 9.55 Å². The second-order valence-electron chi connectivity index (χ2n) is 14.2. The Kier molecular flexibility index (Phi) is 6.70. The number of benzene rings is 6. The summed E-state index contributed by atoms with van der Waals surface area (Å²) in [6, 6.07) is 45.4. The van der Waals surface area contributed by atoms with Crippen molar-refractivity contribution in [2.24, 2.45) is 0 Å². The molecule has 0 saturated carbocycles. The van der Waals surface area contributed by atoms with Crippen molar-refractivity contribution in [1.29, 1.82) is 0 Å². The van der Waals surface area contributed by atoms with E-state index >= 15 is 0 Å². The van der Waals surface area contributed by atoms with Crippen LogP contribution in [0.15, 0.2) is 152 Å². The SMILES string of the molecule is [2H]C([2H])([2H])c1ccc(-c2ccnc(-c3cc(-c4cccc5c4nc(-c4ccccc4O)n5-c4cc(-c5ccccc5)cc(C([2H])([2H])[2H])c4)cc(C(C)(C)C)c3)c2)cc1. The summed E-state index contributed by atoms with van der Waals surface area (Å²) in [4.78, 5) is 10.1. The number of para-hydroxylation sites is 2. The van der Waals surface area contributed by atoms with Crippen molar-refractivity contribution in [3.63, 3.8) is 0 Å². The van der Waals surface area contributed by atoms with Crippen molar-refractivity contribution in [1.82, 2.24) is 14.5 Å². The number of fused-ring (bicyclic) bond motifs is 1. The molecule has 4 heteroatoms. The summed E-state index contributed by atoms with van der Waals surface area (Å²) in [5, 5.41) is 11.2. The first-order chi connectivity index (χ1) is 27.5. The molecule has 0 fully saturated rings. The van der Waals surface area contributed by atoms with E-state index in [9.17, 15) is 5.11 Å². The zero-order valence-corrected chi connectivity index (χ0v) is 29.2. The fourth-order valence-electron chi connectivity index (χ4n) is 6.77. The normalized spacial score (nSPS) is 13.8. The molecule has 8 rings (SSSR count). The van der Waals surface area contributed by atoms with Gasteiger partial charge >= 0.3 is 0 Å². The predicted molar refractivity (Wildman–Crippen MR) is 216 cm³/mol. The number of nitrogens with zero attached hydrogens (tertiary/aromatic N) is 3. The van der Waals surface area contributed by atoms with Gasteiger partial charge in [-0.05, 0) is 113 Å². The Morgan fingerprint density at radius 2 is 1.31 bits per heavy atom. The second-order valence-corrected chi connectivity index (χ2v) is 14.2. The van der Waals surface area contributed by atoms with Gasteiger partial charge in [0.2, 0.25) is 0 Å². The number of imidazole rings is 1. The van der Waals surface area contributed by atoms with Gasteiger partial charge in [0.15, 0.2) is 0 Å². The van der Waals surface area contributed by atoms with Crippen LogP contribution in [0.2, 0.25) is 0 Å². The van der Waals surface area contributed by atoms with Crippen LogP contribution < -0.4 is 0 Å². The standard InChI is InChI=1S/C48H41N3O/c1-31-18-20-34(21-19-31)35-22-23-49-43(30-35)38-26-37(27-39(28-38)48(3,4)5)41-15-11-16-44-46(41)50-47(42-14-9-10-17-45(42)52)51(44)40-25-32(2)24-36(29-40)33-12-7-6-8-13-33/h6-30,52H,1-5H3/i1D3,2D3. The van der Waals surface area contributed by atoms with E-state index in [1.807, 2.05) is 95.6 Å². The molecule has 1 N–H and O–H groups in total. The first-order valence-electron chi connectivity index (χ1n) is 20.3. The average molecular weight is 682 g/mol. The summed E-state index contributed by atoms with van der Waals surface area (Å²) in [5.41, 5.74) is 10.7. The van der Waals surface area contributed by atoms with Gasteiger partial charge in [-0.15, -0.1) is 0 Å². The lowest BCUT2D eigenvalue weighted by molar-refractivity contribution is 0.477. The third kappa shape index (κ3) is 6.29. The summed E-state index contributed by atoms with van der Waals surface area (Å²) in [6.07, 6.45) is 1.77. The first-order valence-corrected chi connectivity index (χ1v) is 17.3. The number of hydrogen-bond acceptors (Lipinski definition) is 3. The molecule has 6 aromatic carbocycles. The van der Waals surface area contributed by atoms with Crippen LogP contribution >= 0.6 is 0 Å². The molecule has 8 aromatic rings. The molecule has 0 spiro atoms. The number of hydrogen-bond donors (Lipinski definition) is 1. The van der Waals surface area contributed by atoms with E-state index in [0.29, 0.717) is 22.6 Å². The maximum Gasteiger partial charge on any atom is 0.149 e. The number of aromatic nitrogens is 3. The Labute approximate surface area is 314 Å². The van der Waals surface area contributed by atoms with Crippen LogP contribution in [0.4, 0.5) is 0 Å². The first kappa shape index (κ1) is 26.5. The minimum atomic E-state index is -2.38. The predicted octanol–water partition coefficient (Wildman–Crippen LogP) is 12.4. The van der Waals surface area contributed by atoms with E-state index in [4.69, 9.17) is 18.2 Å². The minimum Gasteiger partial charge on any atom is -0.507 e. The van der Waals surface area contributed by atoms with E-state index in [-0.39, 0.29) is 22.3 Å². The molecule has 2 aromatic heterocycles. The Hall–Kier alpha value is -6.26. The minimum absolute atomic E-state index is 0.0480. The van der Waals surface area contributed by atoms with Crippen LogP contribution in [0.3, 0.4) is 0 Å². The molecule has 52 heavy (non-hydrogen) atoms. The fourth-order valence-corrected chi connectivity index (χ4v) is 6.77. The fraction of sp³-hybridized carbons (Fsp3) is 0.125. The molecule has 0 radical (unpaired) electrons. The quantitative estimate of drug-likeness (QED) is 0.190. The van der Waals surface area contributed by atoms with Gasteiger partial charge in [0, 0.05) is 31.2 Å². The zero-order chi connectivity index (χ0) is 41.0. The molecular formula is C48H41N3O. The number of pyridine rings is 1. The molecular weight excluding hydrogens is 635 g/mol. The summed E-state index contributed by atoms with van der Waals surface area (Å²) in [5.74, 6) is 0.514. The van der Waals surface area contributed by atoms with Crippen LogP contribution in [0.25, 0.3) is 72.7 Å². The molecule has 0 aliphatic rings. The second kappa shape index (κ2) is 13.1. The lowest BCUT2D eigenvalue weighted by Crippen LogP contribution is -2.11. The summed E-state index contributed by atoms with van der Waals surface area (Å²) in [6.45, 7) is 1.94. The summed E-state index contributed by atoms with van der Waals surface area (Å²) in [7, 11) is 0. The topological polar surface area (TPSA) is 50.9 Å². The van der Waals surface area contributed by atoms with Crippen LogP contribution in [-0.2, 0) is 5.41 Å². The molecule has 0 bridgehead atoms. The number of phenolic OH excluding ortho intramolecular Hbond substituents is 1. The van der Waals surface area contributed by atoms with Gasteiger partial charge < -0.3 is 5.11 Å². The molecule has 2 heterocycles. The molecule has 0 aliphatic heterocycles. The molecule has 0 aliphatic carbocycles. The van der Waals surface area contributed by atoms with Gasteiger partial charge in [0.25, 0.3) is 0 Å². The number of aromatic hydroxyl groups is 1. The average Bonchev–Trinajstić information content (AvgIpc) is 3.60. The smallest absolute Gasteiger partial charge is 0.149 e. The van der Waals surface area contributed by atoms with E-state index in [1.54, 1.807) is 42.6 Å². The van der Waals surface area contributed by atoms with Gasteiger partial charge in [-0.1, -0.05) is 117 Å². The Balaban J connectivity index is 1.35. The number of aryl methyl sites for hydroxylation is 2. The van der Waals surface area contributed by atoms with Crippen molar-refractivity contribution in [3.8, 4) is 67.5 Å². The molecule has 4 nitrogen and oxygen atoms in total. The van der Waals surface area contributed by atoms with E-state index < -0.39 is 13.7 Å². The van der Waals surface area contributed by atoms with Crippen LogP contribution in [0.1, 0.15) is 45.7 Å². The monoisotopic (exact) mass is 681 g/mol. The molecule has 254 valence electrons. The highest BCUT2D eigenvalue weighted by Crippen LogP contribution is 2.40. The number of rotatable bonds is 6. The van der Waals surface area contributed by atoms with E-state index in [0.717, 1.165) is 55.7 Å². The van der Waals surface area contributed by atoms with E-state index in [1.165, 1.54) is 0 Å². The van der Waals surface area contributed by atoms with Crippen molar-refractivity contribution < 1.29 is 13.3 Å². The largest absolute Gasteiger partial charge is 0.507 e. The maximum atomic E-state index is 11.2. The third-order valence-electron chi connectivity index (χ3n) is 9.50. The van der Waals surface area contributed by atoms with Crippen LogP contribution in [0, 0.1) is 13.7 Å². The van der Waals surface area contributed by atoms with Crippen molar-refractivity contribution in [2.75, 3.05) is 0 Å². The number of phenols is 1. The molecule has 0 atom stereocenters. The Morgan fingerprint density at radius 1 is 0.577 bits per heavy atom. The van der Waals surface area contributed by atoms with Crippen molar-refractivity contribution in [2.45, 2.75) is 39.9 Å². The van der Waals surface area contributed by atoms with E-state index in [2.05, 4.69) is 39.0 Å². The van der Waals surface area contributed by atoms with Crippen LogP contribution in [-0.4, -0.2) is 19.6 Å². The molecule has 0 unspecified atom stereocenters. The lowest BCUT2D eigenvalue weighted by atomic mass is 9.83. The summed E-state index contributed by atoms with van der Waals surface area (Å²) < 4.78 is 50.5. The van der Waals surface area contributed by atoms with Crippen LogP contribution in [0.5, 0.6) is 5.75 Å². The lowest BCUT2D eigenvalue weighted by Gasteiger charge is -2.22. The third-order valence-corrected chi connectivity index (χ3v) is 9.50. The zero-order valence-electron chi connectivity index (χ0n) is 35.2. The highest BCUT2D eigenvalue weighted by Gasteiger charge is 2.22. The Morgan fingerprint density at radius 3 is 2.08 bits per heavy atom. The summed E-state index contributed by atoms with van der Waals surface area (Å²) >= 11 is 0. The highest BCUT2D eigenvalue weighted by atomic mass is 16.3. The Bertz CT molecular complexity index is 2800. The van der Waals surface area contributed by atoms with Gasteiger partial charge in [-0.2, -0.15) is 0 Å². The van der Waals surface area contributed by atoms with Gasteiger partial charge in [0.05, 0.1) is 22.3 Å². The highest BCUT2D eigenvalue weighted by molar-refractivity contribution is 5.97. The maximum absolute atomic E-state index is 11.2. The van der Waals surface area contributed by atoms with Gasteiger partial charge in [0.1, 0.15) is 11.6 Å². The van der Waals surface area contributed by atoms with Crippen molar-refractivity contribution in [3.05, 3.63) is 168 Å². The molecule has 0 saturated heterocycles.